The summed E-state index contributed by atoms with van der Waals surface area (Å²) in [5.41, 5.74) is 3.59. The highest BCUT2D eigenvalue weighted by Gasteiger charge is 2.13. The number of amides is 1. The van der Waals surface area contributed by atoms with Crippen LogP contribution < -0.4 is 5.43 Å². The van der Waals surface area contributed by atoms with Crippen LogP contribution in [0.4, 0.5) is 4.39 Å². The van der Waals surface area contributed by atoms with Crippen LogP contribution in [0.25, 0.3) is 11.3 Å². The third-order valence-electron chi connectivity index (χ3n) is 3.39. The molecule has 3 rings (SSSR count). The summed E-state index contributed by atoms with van der Waals surface area (Å²) in [6.07, 6.45) is 1.13. The van der Waals surface area contributed by atoms with Crippen molar-refractivity contribution in [3.8, 4) is 11.3 Å². The van der Waals surface area contributed by atoms with Crippen LogP contribution in [0.5, 0.6) is 0 Å². The third-order valence-corrected chi connectivity index (χ3v) is 4.27. The number of benzene rings is 2. The maximum Gasteiger partial charge on any atom is 0.289 e. The second-order valence-electron chi connectivity index (χ2n) is 5.13. The highest BCUT2D eigenvalue weighted by molar-refractivity contribution is 6.36. The zero-order valence-corrected chi connectivity index (χ0v) is 15.2. The van der Waals surface area contributed by atoms with Gasteiger partial charge in [-0.15, -0.1) is 0 Å². The van der Waals surface area contributed by atoms with Crippen molar-refractivity contribution in [2.45, 2.75) is 0 Å². The number of aromatic nitrogens is 2. The summed E-state index contributed by atoms with van der Waals surface area (Å²) in [5.74, 6) is -1.10. The van der Waals surface area contributed by atoms with Crippen LogP contribution in [0.3, 0.4) is 0 Å². The number of H-pyrrole nitrogens is 1. The Morgan fingerprint density at radius 3 is 2.69 bits per heavy atom. The van der Waals surface area contributed by atoms with Crippen molar-refractivity contribution < 1.29 is 9.18 Å². The first-order chi connectivity index (χ1) is 12.5. The summed E-state index contributed by atoms with van der Waals surface area (Å²) in [7, 11) is 0. The molecule has 0 spiro atoms. The minimum absolute atomic E-state index is 0.0766. The number of carbonyl (C=O) groups excluding carboxylic acids is 1. The molecule has 2 N–H and O–H groups in total. The maximum absolute atomic E-state index is 13.6. The topological polar surface area (TPSA) is 70.1 Å². The Hall–Kier alpha value is -2.41. The highest BCUT2D eigenvalue weighted by atomic mass is 35.5. The van der Waals surface area contributed by atoms with E-state index < -0.39 is 11.7 Å². The van der Waals surface area contributed by atoms with Crippen molar-refractivity contribution in [2.24, 2.45) is 5.10 Å². The first kappa shape index (κ1) is 18.4. The Morgan fingerprint density at radius 1 is 1.15 bits per heavy atom. The molecule has 0 aliphatic heterocycles. The number of carbonyl (C=O) groups is 1. The lowest BCUT2D eigenvalue weighted by molar-refractivity contribution is 0.0950. The lowest BCUT2D eigenvalue weighted by Gasteiger charge is -2.00. The number of aromatic amines is 1. The predicted octanol–water partition coefficient (Wildman–Crippen LogP) is 4.94. The lowest BCUT2D eigenvalue weighted by atomic mass is 10.1. The smallest absolute Gasteiger partial charge is 0.272 e. The molecule has 0 fully saturated rings. The first-order valence-corrected chi connectivity index (χ1v) is 8.37. The lowest BCUT2D eigenvalue weighted by Crippen LogP contribution is -2.18. The Morgan fingerprint density at radius 2 is 1.96 bits per heavy atom. The summed E-state index contributed by atoms with van der Waals surface area (Å²) < 4.78 is 13.6. The summed E-state index contributed by atoms with van der Waals surface area (Å²) >= 11 is 17.9. The van der Waals surface area contributed by atoms with Crippen molar-refractivity contribution in [1.29, 1.82) is 0 Å². The Bertz CT molecular complexity index is 983. The average molecular weight is 412 g/mol. The average Bonchev–Trinajstić information content (AvgIpc) is 3.07. The molecule has 0 saturated carbocycles. The van der Waals surface area contributed by atoms with Gasteiger partial charge in [-0.25, -0.2) is 9.82 Å². The van der Waals surface area contributed by atoms with Gasteiger partial charge in [0.25, 0.3) is 5.91 Å². The zero-order chi connectivity index (χ0) is 18.7. The molecule has 5 nitrogen and oxygen atoms in total. The molecule has 0 aliphatic carbocycles. The number of nitrogens with one attached hydrogen (secondary N) is 2. The largest absolute Gasteiger partial charge is 0.289 e. The monoisotopic (exact) mass is 410 g/mol. The third kappa shape index (κ3) is 4.04. The normalized spacial score (nSPS) is 11.1. The van der Waals surface area contributed by atoms with E-state index in [-0.39, 0.29) is 16.3 Å². The quantitative estimate of drug-likeness (QED) is 0.471. The Kier molecular flexibility index (Phi) is 5.56. The van der Waals surface area contributed by atoms with Gasteiger partial charge in [0.2, 0.25) is 0 Å². The van der Waals surface area contributed by atoms with E-state index in [0.717, 1.165) is 6.21 Å². The van der Waals surface area contributed by atoms with Crippen LogP contribution in [0, 0.1) is 5.82 Å². The van der Waals surface area contributed by atoms with Crippen LogP contribution in [0.15, 0.2) is 47.6 Å². The van der Waals surface area contributed by atoms with Crippen LogP contribution in [0.1, 0.15) is 16.1 Å². The van der Waals surface area contributed by atoms with Crippen molar-refractivity contribution in [3.63, 3.8) is 0 Å². The van der Waals surface area contributed by atoms with Crippen LogP contribution in [0.2, 0.25) is 15.1 Å². The fraction of sp³-hybridized carbons (Fsp3) is 0. The van der Waals surface area contributed by atoms with Gasteiger partial charge in [-0.3, -0.25) is 9.89 Å². The molecule has 1 amide bonds. The number of hydrazone groups is 1. The molecule has 2 aromatic carbocycles. The zero-order valence-electron chi connectivity index (χ0n) is 12.9. The van der Waals surface area contributed by atoms with Gasteiger partial charge in [-0.05, 0) is 36.4 Å². The SMILES string of the molecule is O=C(N/N=C\c1c(F)cccc1Cl)c1cc(-c2ccc(Cl)cc2Cl)n[nH]1. The molecular weight excluding hydrogens is 402 g/mol. The minimum atomic E-state index is -0.558. The van der Waals surface area contributed by atoms with E-state index in [2.05, 4.69) is 20.7 Å². The van der Waals surface area contributed by atoms with Crippen molar-refractivity contribution in [2.75, 3.05) is 0 Å². The van der Waals surface area contributed by atoms with Gasteiger partial charge in [0.05, 0.1) is 22.0 Å². The van der Waals surface area contributed by atoms with Gasteiger partial charge in [0.1, 0.15) is 11.5 Å². The van der Waals surface area contributed by atoms with Gasteiger partial charge in [0, 0.05) is 16.1 Å². The molecule has 0 unspecified atom stereocenters. The molecule has 132 valence electrons. The predicted molar refractivity (Wildman–Crippen MR) is 101 cm³/mol. The van der Waals surface area contributed by atoms with Crippen molar-refractivity contribution in [3.05, 3.63) is 74.6 Å². The molecule has 0 saturated heterocycles. The van der Waals surface area contributed by atoms with Crippen molar-refractivity contribution in [1.82, 2.24) is 15.6 Å². The molecule has 26 heavy (non-hydrogen) atoms. The van der Waals surface area contributed by atoms with Gasteiger partial charge in [-0.1, -0.05) is 40.9 Å². The standard InChI is InChI=1S/C17H10Cl3FN4O/c18-9-4-5-10(13(20)6-9)15-7-16(24-23-15)17(26)25-22-8-11-12(19)2-1-3-14(11)21/h1-8H,(H,23,24)(H,25,26)/b22-8-. The number of hydrogen-bond acceptors (Lipinski definition) is 3. The summed E-state index contributed by atoms with van der Waals surface area (Å²) in [5, 5.41) is 11.4. The Labute approximate surface area is 162 Å². The number of rotatable bonds is 4. The number of hydrogen-bond donors (Lipinski definition) is 2. The summed E-state index contributed by atoms with van der Waals surface area (Å²) in [4.78, 5) is 12.1. The minimum Gasteiger partial charge on any atom is -0.272 e. The number of nitrogens with zero attached hydrogens (tertiary/aromatic N) is 2. The van der Waals surface area contributed by atoms with Crippen LogP contribution >= 0.6 is 34.8 Å². The molecule has 1 aromatic heterocycles. The van der Waals surface area contributed by atoms with Gasteiger partial charge in [0.15, 0.2) is 0 Å². The molecule has 9 heteroatoms. The molecule has 0 aliphatic rings. The van der Waals surface area contributed by atoms with E-state index in [1.807, 2.05) is 0 Å². The van der Waals surface area contributed by atoms with Gasteiger partial charge >= 0.3 is 0 Å². The number of halogens is 4. The molecule has 1 heterocycles. The van der Waals surface area contributed by atoms with E-state index in [4.69, 9.17) is 34.8 Å². The molecular formula is C17H10Cl3FN4O. The second-order valence-corrected chi connectivity index (χ2v) is 6.38. The van der Waals surface area contributed by atoms with E-state index in [1.54, 1.807) is 18.2 Å². The van der Waals surface area contributed by atoms with Crippen molar-refractivity contribution >= 4 is 46.9 Å². The van der Waals surface area contributed by atoms with Gasteiger partial charge in [-0.2, -0.15) is 10.2 Å². The van der Waals surface area contributed by atoms with E-state index in [0.29, 0.717) is 21.3 Å². The summed E-state index contributed by atoms with van der Waals surface area (Å²) in [6, 6.07) is 10.7. The molecule has 0 bridgehead atoms. The van der Waals surface area contributed by atoms with E-state index in [1.165, 1.54) is 24.3 Å². The van der Waals surface area contributed by atoms with Gasteiger partial charge < -0.3 is 0 Å². The van der Waals surface area contributed by atoms with E-state index in [9.17, 15) is 9.18 Å². The summed E-state index contributed by atoms with van der Waals surface area (Å²) in [6.45, 7) is 0. The molecule has 0 radical (unpaired) electrons. The van der Waals surface area contributed by atoms with Crippen LogP contribution in [-0.4, -0.2) is 22.3 Å². The molecule has 3 aromatic rings. The van der Waals surface area contributed by atoms with Crippen LogP contribution in [-0.2, 0) is 0 Å². The second kappa shape index (κ2) is 7.86. The van der Waals surface area contributed by atoms with E-state index >= 15 is 0 Å². The fourth-order valence-corrected chi connectivity index (χ4v) is 2.84. The first-order valence-electron chi connectivity index (χ1n) is 7.24. The molecule has 0 atom stereocenters. The maximum atomic E-state index is 13.6. The highest BCUT2D eigenvalue weighted by Crippen LogP contribution is 2.29. The fourth-order valence-electron chi connectivity index (χ4n) is 2.12. The Balaban J connectivity index is 1.73.